The second-order valence-corrected chi connectivity index (χ2v) is 4.89. The van der Waals surface area contributed by atoms with Gasteiger partial charge in [-0.15, -0.1) is 0 Å². The Morgan fingerprint density at radius 2 is 1.71 bits per heavy atom. The maximum atomic E-state index is 9.01. The average Bonchev–Trinajstić information content (AvgIpc) is 2.30. The molecule has 0 atom stereocenters. The number of likely N-dealkylation sites (N-methyl/N-ethyl adjacent to an activating group) is 1. The first-order valence-corrected chi connectivity index (χ1v) is 6.83. The van der Waals surface area contributed by atoms with Crippen LogP contribution in [-0.2, 0) is 0 Å². The van der Waals surface area contributed by atoms with Crippen LogP contribution in [-0.4, -0.2) is 76.2 Å². The summed E-state index contributed by atoms with van der Waals surface area (Å²) in [5.74, 6) is 0. The van der Waals surface area contributed by atoms with E-state index in [1.54, 1.807) is 0 Å². The minimum atomic E-state index is 0.271. The minimum Gasteiger partial charge on any atom is -0.395 e. The number of hydrogen-bond acceptors (Lipinski definition) is 4. The fourth-order valence-corrected chi connectivity index (χ4v) is 1.81. The molecule has 0 aromatic heterocycles. The van der Waals surface area contributed by atoms with Crippen molar-refractivity contribution in [3.8, 4) is 0 Å². The van der Waals surface area contributed by atoms with Gasteiger partial charge in [-0.1, -0.05) is 12.8 Å². The smallest absolute Gasteiger partial charge is 0.185 e. The lowest BCUT2D eigenvalue weighted by Gasteiger charge is -2.23. The fourth-order valence-electron chi connectivity index (χ4n) is 1.81. The van der Waals surface area contributed by atoms with Crippen molar-refractivity contribution in [3.63, 3.8) is 0 Å². The first kappa shape index (κ1) is 16.9. The average molecular weight is 243 g/mol. The molecule has 102 valence electrons. The van der Waals surface area contributed by atoms with E-state index in [1.165, 1.54) is 25.7 Å². The van der Waals surface area contributed by atoms with Gasteiger partial charge in [0, 0.05) is 13.1 Å². The Kier molecular flexibility index (Phi) is 12.3. The minimum absolute atomic E-state index is 0.271. The topological polar surface area (TPSA) is 38.7 Å². The largest absolute Gasteiger partial charge is 0.395 e. The second-order valence-electron chi connectivity index (χ2n) is 4.89. The Labute approximate surface area is 108 Å². The van der Waals surface area contributed by atoms with Crippen LogP contribution in [0, 0.1) is 0 Å². The van der Waals surface area contributed by atoms with Crippen molar-refractivity contribution < 1.29 is 5.11 Å². The van der Waals surface area contributed by atoms with E-state index in [9.17, 15) is 0 Å². The zero-order chi connectivity index (χ0) is 12.9. The lowest BCUT2D eigenvalue weighted by Crippen LogP contribution is -2.35. The summed E-state index contributed by atoms with van der Waals surface area (Å²) in [6, 6.07) is 0. The van der Waals surface area contributed by atoms with Crippen LogP contribution >= 0.6 is 0 Å². The van der Waals surface area contributed by atoms with E-state index in [-0.39, 0.29) is 6.61 Å². The number of hydrogen-bond donors (Lipinski definition) is 2. The third kappa shape index (κ3) is 12.2. The van der Waals surface area contributed by atoms with E-state index in [1.807, 2.05) is 7.05 Å². The number of nitrogens with zero attached hydrogens (tertiary/aromatic N) is 2. The SMILES string of the molecule is BN(C)CCN(CCO)CCCCCCNC. The van der Waals surface area contributed by atoms with Gasteiger partial charge < -0.3 is 15.2 Å². The molecule has 0 aliphatic carbocycles. The molecule has 0 aliphatic rings. The van der Waals surface area contributed by atoms with E-state index in [0.717, 1.165) is 32.7 Å². The lowest BCUT2D eigenvalue weighted by molar-refractivity contribution is 0.188. The van der Waals surface area contributed by atoms with Gasteiger partial charge in [0.15, 0.2) is 7.98 Å². The molecule has 0 aromatic carbocycles. The van der Waals surface area contributed by atoms with Crippen molar-refractivity contribution in [1.29, 1.82) is 0 Å². The molecule has 0 bridgehead atoms. The van der Waals surface area contributed by atoms with Gasteiger partial charge in [0.1, 0.15) is 0 Å². The number of aliphatic hydroxyl groups is 1. The van der Waals surface area contributed by atoms with Gasteiger partial charge in [-0.25, -0.2) is 0 Å². The summed E-state index contributed by atoms with van der Waals surface area (Å²) in [6.07, 6.45) is 5.12. The van der Waals surface area contributed by atoms with E-state index in [2.05, 4.69) is 30.1 Å². The predicted octanol–water partition coefficient (Wildman–Crippen LogP) is -0.460. The van der Waals surface area contributed by atoms with Crippen molar-refractivity contribution in [2.45, 2.75) is 25.7 Å². The molecule has 17 heavy (non-hydrogen) atoms. The number of rotatable bonds is 12. The molecule has 4 nitrogen and oxygen atoms in total. The molecule has 0 saturated carbocycles. The molecule has 0 amide bonds. The zero-order valence-electron chi connectivity index (χ0n) is 11.9. The molecular weight excluding hydrogens is 213 g/mol. The van der Waals surface area contributed by atoms with Crippen LogP contribution in [0.4, 0.5) is 0 Å². The van der Waals surface area contributed by atoms with Crippen molar-refractivity contribution in [3.05, 3.63) is 0 Å². The molecular formula is C12H30BN3O. The van der Waals surface area contributed by atoms with E-state index < -0.39 is 0 Å². The summed E-state index contributed by atoms with van der Waals surface area (Å²) >= 11 is 0. The lowest BCUT2D eigenvalue weighted by atomic mass is 10.2. The Morgan fingerprint density at radius 1 is 1.00 bits per heavy atom. The normalized spacial score (nSPS) is 11.6. The fraction of sp³-hybridized carbons (Fsp3) is 1.00. The number of aliphatic hydroxyl groups excluding tert-OH is 1. The summed E-state index contributed by atoms with van der Waals surface area (Å²) in [6.45, 7) is 5.45. The molecule has 0 unspecified atom stereocenters. The summed E-state index contributed by atoms with van der Waals surface area (Å²) < 4.78 is 0. The standard InChI is InChI=1S/C12H30BN3O/c1-14-7-5-3-4-6-8-16(11-12-17)10-9-15(2)13/h14,17H,3-13H2,1-2H3. The van der Waals surface area contributed by atoms with Crippen molar-refractivity contribution in [2.75, 3.05) is 53.4 Å². The predicted molar refractivity (Wildman–Crippen MR) is 77.1 cm³/mol. The van der Waals surface area contributed by atoms with Crippen LogP contribution in [0.15, 0.2) is 0 Å². The van der Waals surface area contributed by atoms with Crippen LogP contribution in [0.3, 0.4) is 0 Å². The third-order valence-electron chi connectivity index (χ3n) is 2.93. The quantitative estimate of drug-likeness (QED) is 0.359. The molecule has 2 N–H and O–H groups in total. The molecule has 0 rings (SSSR count). The van der Waals surface area contributed by atoms with Crippen LogP contribution in [0.1, 0.15) is 25.7 Å². The highest BCUT2D eigenvalue weighted by atomic mass is 16.3. The van der Waals surface area contributed by atoms with Gasteiger partial charge in [-0.3, -0.25) is 4.90 Å². The number of unbranched alkanes of at least 4 members (excludes halogenated alkanes) is 3. The van der Waals surface area contributed by atoms with Crippen LogP contribution in [0.5, 0.6) is 0 Å². The Hall–Kier alpha value is -0.0951. The van der Waals surface area contributed by atoms with Gasteiger partial charge in [0.05, 0.1) is 6.61 Å². The van der Waals surface area contributed by atoms with Crippen LogP contribution < -0.4 is 5.32 Å². The Bertz CT molecular complexity index is 159. The van der Waals surface area contributed by atoms with Gasteiger partial charge in [0.2, 0.25) is 0 Å². The van der Waals surface area contributed by atoms with E-state index >= 15 is 0 Å². The molecule has 0 fully saturated rings. The van der Waals surface area contributed by atoms with Crippen LogP contribution in [0.2, 0.25) is 0 Å². The van der Waals surface area contributed by atoms with Crippen molar-refractivity contribution in [1.82, 2.24) is 15.0 Å². The van der Waals surface area contributed by atoms with Crippen molar-refractivity contribution >= 4 is 7.98 Å². The van der Waals surface area contributed by atoms with E-state index in [4.69, 9.17) is 5.11 Å². The molecule has 0 heterocycles. The van der Waals surface area contributed by atoms with E-state index in [0.29, 0.717) is 0 Å². The monoisotopic (exact) mass is 243 g/mol. The van der Waals surface area contributed by atoms with Gasteiger partial charge >= 0.3 is 0 Å². The van der Waals surface area contributed by atoms with Gasteiger partial charge in [-0.2, -0.15) is 0 Å². The molecule has 0 spiro atoms. The summed E-state index contributed by atoms with van der Waals surface area (Å²) in [5, 5.41) is 12.2. The van der Waals surface area contributed by atoms with Crippen LogP contribution in [0.25, 0.3) is 0 Å². The Morgan fingerprint density at radius 3 is 2.29 bits per heavy atom. The maximum absolute atomic E-state index is 9.01. The highest BCUT2D eigenvalue weighted by Crippen LogP contribution is 2.01. The van der Waals surface area contributed by atoms with Crippen molar-refractivity contribution in [2.24, 2.45) is 0 Å². The Balaban J connectivity index is 3.48. The zero-order valence-corrected chi connectivity index (χ0v) is 11.9. The molecule has 0 saturated heterocycles. The summed E-state index contributed by atoms with van der Waals surface area (Å²) in [4.78, 5) is 4.55. The molecule has 0 aromatic rings. The summed E-state index contributed by atoms with van der Waals surface area (Å²) in [7, 11) is 6.19. The second kappa shape index (κ2) is 12.4. The molecule has 0 aliphatic heterocycles. The van der Waals surface area contributed by atoms with Gasteiger partial charge in [-0.05, 0) is 46.6 Å². The highest BCUT2D eigenvalue weighted by Gasteiger charge is 2.04. The number of nitrogens with one attached hydrogen (secondary N) is 1. The molecule has 0 radical (unpaired) electrons. The maximum Gasteiger partial charge on any atom is 0.185 e. The highest BCUT2D eigenvalue weighted by molar-refractivity contribution is 6.04. The third-order valence-corrected chi connectivity index (χ3v) is 2.93. The first-order valence-electron chi connectivity index (χ1n) is 6.83. The molecule has 5 heteroatoms. The van der Waals surface area contributed by atoms with Gasteiger partial charge in [0.25, 0.3) is 0 Å². The summed E-state index contributed by atoms with van der Waals surface area (Å²) in [5.41, 5.74) is 0. The first-order chi connectivity index (χ1) is 8.20.